The molecule has 2 heteroatoms. The van der Waals surface area contributed by atoms with E-state index >= 15 is 0 Å². The smallest absolute Gasteiger partial charge is 0.0730 e. The van der Waals surface area contributed by atoms with Gasteiger partial charge in [-0.3, -0.25) is 0 Å². The van der Waals surface area contributed by atoms with Crippen LogP contribution in [0.5, 0.6) is 0 Å². The van der Waals surface area contributed by atoms with E-state index in [0.717, 1.165) is 5.92 Å². The van der Waals surface area contributed by atoms with Gasteiger partial charge in [-0.2, -0.15) is 0 Å². The normalized spacial score (nSPS) is 11.7. The highest BCUT2D eigenvalue weighted by atomic mass is 79.9. The molecule has 36 heavy (non-hydrogen) atoms. The summed E-state index contributed by atoms with van der Waals surface area (Å²) in [5, 5.41) is 2.25. The lowest BCUT2D eigenvalue weighted by Crippen LogP contribution is -2.05. The molecule has 0 saturated heterocycles. The van der Waals surface area contributed by atoms with Crippen LogP contribution in [0.3, 0.4) is 0 Å². The second-order valence-electron chi connectivity index (χ2n) is 11.6. The molecule has 0 N–H and O–H groups in total. The molecule has 0 aliphatic heterocycles. The Bertz CT molecular complexity index is 523. The van der Waals surface area contributed by atoms with Crippen molar-refractivity contribution in [3.05, 3.63) is 20.8 Å². The van der Waals surface area contributed by atoms with Crippen molar-refractivity contribution in [2.24, 2.45) is 5.92 Å². The number of thiophene rings is 1. The van der Waals surface area contributed by atoms with E-state index in [4.69, 9.17) is 0 Å². The van der Waals surface area contributed by atoms with Crippen LogP contribution in [0.1, 0.15) is 186 Å². The summed E-state index contributed by atoms with van der Waals surface area (Å²) in [6.45, 7) is 4.62. The third kappa shape index (κ3) is 21.2. The van der Waals surface area contributed by atoms with Gasteiger partial charge in [0.15, 0.2) is 0 Å². The summed E-state index contributed by atoms with van der Waals surface area (Å²) in [7, 11) is 0. The number of unbranched alkanes of at least 4 members (excludes halogenated alkanes) is 22. The van der Waals surface area contributed by atoms with Crippen molar-refractivity contribution >= 4 is 27.3 Å². The molecule has 0 unspecified atom stereocenters. The van der Waals surface area contributed by atoms with Crippen molar-refractivity contribution in [1.82, 2.24) is 0 Å². The highest BCUT2D eigenvalue weighted by Crippen LogP contribution is 2.30. The topological polar surface area (TPSA) is 0 Å². The van der Waals surface area contributed by atoms with Gasteiger partial charge in [0.25, 0.3) is 0 Å². The zero-order valence-electron chi connectivity index (χ0n) is 24.6. The van der Waals surface area contributed by atoms with Crippen molar-refractivity contribution in [3.63, 3.8) is 0 Å². The maximum atomic E-state index is 3.79. The molecule has 212 valence electrons. The molecule has 0 saturated carbocycles. The molecule has 0 spiro atoms. The Hall–Kier alpha value is 0.180. The molecule has 0 fully saturated rings. The molecule has 0 aromatic carbocycles. The monoisotopic (exact) mass is 582 g/mol. The first-order chi connectivity index (χ1) is 17.8. The van der Waals surface area contributed by atoms with Gasteiger partial charge in [-0.05, 0) is 45.3 Å². The maximum Gasteiger partial charge on any atom is 0.0730 e. The lowest BCUT2D eigenvalue weighted by molar-refractivity contribution is 0.399. The predicted molar refractivity (Wildman–Crippen MR) is 171 cm³/mol. The van der Waals surface area contributed by atoms with Gasteiger partial charge in [0.2, 0.25) is 0 Å². The van der Waals surface area contributed by atoms with Crippen LogP contribution >= 0.6 is 27.3 Å². The minimum Gasteiger partial charge on any atom is -0.137 e. The summed E-state index contributed by atoms with van der Waals surface area (Å²) in [6, 6.07) is 2.35. The van der Waals surface area contributed by atoms with Gasteiger partial charge in [0.05, 0.1) is 3.79 Å². The fourth-order valence-electron chi connectivity index (χ4n) is 5.67. The Morgan fingerprint density at radius 3 is 1.17 bits per heavy atom. The van der Waals surface area contributed by atoms with Gasteiger partial charge < -0.3 is 0 Å². The van der Waals surface area contributed by atoms with Gasteiger partial charge in [-0.25, -0.2) is 0 Å². The van der Waals surface area contributed by atoms with Gasteiger partial charge >= 0.3 is 0 Å². The fourth-order valence-corrected chi connectivity index (χ4v) is 6.95. The van der Waals surface area contributed by atoms with E-state index < -0.39 is 0 Å². The minimum absolute atomic E-state index is 0.891. The lowest BCUT2D eigenvalue weighted by atomic mass is 9.89. The van der Waals surface area contributed by atoms with Gasteiger partial charge in [-0.15, -0.1) is 11.3 Å². The predicted octanol–water partition coefficient (Wildman–Crippen LogP) is 13.9. The summed E-state index contributed by atoms with van der Waals surface area (Å²) >= 11 is 5.65. The van der Waals surface area contributed by atoms with Crippen LogP contribution < -0.4 is 0 Å². The van der Waals surface area contributed by atoms with E-state index in [0.29, 0.717) is 0 Å². The summed E-state index contributed by atoms with van der Waals surface area (Å²) in [6.07, 6.45) is 39.1. The number of hydrogen-bond acceptors (Lipinski definition) is 1. The van der Waals surface area contributed by atoms with Gasteiger partial charge in [0.1, 0.15) is 0 Å². The van der Waals surface area contributed by atoms with Crippen molar-refractivity contribution in [2.75, 3.05) is 0 Å². The van der Waals surface area contributed by atoms with E-state index in [1.807, 2.05) is 11.3 Å². The van der Waals surface area contributed by atoms with Crippen LogP contribution in [-0.2, 0) is 6.42 Å². The Morgan fingerprint density at radius 2 is 0.861 bits per heavy atom. The molecule has 0 nitrogen and oxygen atoms in total. The Labute approximate surface area is 240 Å². The highest BCUT2D eigenvalue weighted by Gasteiger charge is 2.12. The lowest BCUT2D eigenvalue weighted by Gasteiger charge is -2.17. The van der Waals surface area contributed by atoms with Crippen LogP contribution in [0, 0.1) is 5.92 Å². The average Bonchev–Trinajstić information content (AvgIpc) is 3.29. The van der Waals surface area contributed by atoms with E-state index in [2.05, 4.69) is 41.2 Å². The van der Waals surface area contributed by atoms with Crippen LogP contribution in [-0.4, -0.2) is 0 Å². The first-order valence-electron chi connectivity index (χ1n) is 16.5. The molecule has 0 radical (unpaired) electrons. The fraction of sp³-hybridized carbons (Fsp3) is 0.882. The highest BCUT2D eigenvalue weighted by molar-refractivity contribution is 9.11. The van der Waals surface area contributed by atoms with E-state index in [9.17, 15) is 0 Å². The molecule has 0 bridgehead atoms. The molecule has 0 aliphatic carbocycles. The third-order valence-electron chi connectivity index (χ3n) is 8.13. The van der Waals surface area contributed by atoms with E-state index in [1.165, 1.54) is 177 Å². The number of hydrogen-bond donors (Lipinski definition) is 0. The Morgan fingerprint density at radius 1 is 0.528 bits per heavy atom. The van der Waals surface area contributed by atoms with E-state index in [-0.39, 0.29) is 0 Å². The summed E-state index contributed by atoms with van der Waals surface area (Å²) < 4.78 is 1.37. The van der Waals surface area contributed by atoms with Crippen molar-refractivity contribution in [3.8, 4) is 0 Å². The average molecular weight is 584 g/mol. The van der Waals surface area contributed by atoms with Crippen molar-refractivity contribution in [2.45, 2.75) is 187 Å². The second-order valence-corrected chi connectivity index (χ2v) is 13.9. The Balaban J connectivity index is 2.06. The third-order valence-corrected chi connectivity index (χ3v) is 9.94. The SMILES string of the molecule is CCCCCCCCCCCCCCC(CCCCCCCCCCCCCC)Cc1ccsc1Br. The summed E-state index contributed by atoms with van der Waals surface area (Å²) in [5.41, 5.74) is 1.56. The summed E-state index contributed by atoms with van der Waals surface area (Å²) in [4.78, 5) is 0. The molecular formula is C34H63BrS. The maximum absolute atomic E-state index is 3.79. The first kappa shape index (κ1) is 34.2. The molecular weight excluding hydrogens is 520 g/mol. The van der Waals surface area contributed by atoms with Crippen molar-refractivity contribution in [1.29, 1.82) is 0 Å². The van der Waals surface area contributed by atoms with Crippen LogP contribution in [0.4, 0.5) is 0 Å². The molecule has 1 aromatic heterocycles. The van der Waals surface area contributed by atoms with Crippen LogP contribution in [0.15, 0.2) is 15.2 Å². The second kappa shape index (κ2) is 26.8. The summed E-state index contributed by atoms with van der Waals surface area (Å²) in [5.74, 6) is 0.891. The van der Waals surface area contributed by atoms with Crippen molar-refractivity contribution < 1.29 is 0 Å². The molecule has 1 aromatic rings. The molecule has 0 aliphatic rings. The number of rotatable bonds is 28. The van der Waals surface area contributed by atoms with Gasteiger partial charge in [0, 0.05) is 0 Å². The van der Waals surface area contributed by atoms with Crippen LogP contribution in [0.25, 0.3) is 0 Å². The number of halogens is 1. The largest absolute Gasteiger partial charge is 0.137 e. The quantitative estimate of drug-likeness (QED) is 0.0861. The van der Waals surface area contributed by atoms with Gasteiger partial charge in [-0.1, -0.05) is 181 Å². The zero-order chi connectivity index (χ0) is 25.9. The molecule has 1 heterocycles. The molecule has 0 amide bonds. The molecule has 0 atom stereocenters. The molecule has 1 rings (SSSR count). The first-order valence-corrected chi connectivity index (χ1v) is 18.2. The van der Waals surface area contributed by atoms with Crippen LogP contribution in [0.2, 0.25) is 0 Å². The Kier molecular flexibility index (Phi) is 25.4. The minimum atomic E-state index is 0.891. The standard InChI is InChI=1S/C34H63BrS/c1-3-5-7-9-11-13-15-17-19-21-23-25-27-32(31-33-29-30-36-34(33)35)28-26-24-22-20-18-16-14-12-10-8-6-4-2/h29-30,32H,3-28,31H2,1-2H3. The zero-order valence-corrected chi connectivity index (χ0v) is 27.0. The van der Waals surface area contributed by atoms with E-state index in [1.54, 1.807) is 5.56 Å².